The number of unbranched alkanes of at least 4 members (excludes halogenated alkanes) is 1. The number of carbonyl (C=O) groups excluding carboxylic acids is 1. The van der Waals surface area contributed by atoms with Crippen LogP contribution in [0.5, 0.6) is 0 Å². The highest BCUT2D eigenvalue weighted by Crippen LogP contribution is 2.30. The second-order valence-corrected chi connectivity index (χ2v) is 9.31. The minimum absolute atomic E-state index is 0.0616. The topological polar surface area (TPSA) is 120 Å². The molecule has 0 radical (unpaired) electrons. The molecule has 30 heavy (non-hydrogen) atoms. The monoisotopic (exact) mass is 452 g/mol. The van der Waals surface area contributed by atoms with Gasteiger partial charge in [0.05, 0.1) is 24.9 Å². The van der Waals surface area contributed by atoms with Crippen LogP contribution in [0, 0.1) is 5.92 Å². The van der Waals surface area contributed by atoms with Crippen LogP contribution in [0.2, 0.25) is 0 Å². The lowest BCUT2D eigenvalue weighted by molar-refractivity contribution is -0.208. The van der Waals surface area contributed by atoms with Crippen molar-refractivity contribution in [1.29, 1.82) is 0 Å². The fourth-order valence-corrected chi connectivity index (χ4v) is 4.62. The largest absolute Gasteiger partial charge is 0.388 e. The van der Waals surface area contributed by atoms with Crippen molar-refractivity contribution in [3.8, 4) is 0 Å². The Hall–Kier alpha value is -0.490. The lowest BCUT2D eigenvalue weighted by Crippen LogP contribution is -2.65. The molecule has 0 aromatic heterocycles. The van der Waals surface area contributed by atoms with Crippen LogP contribution in [0.4, 0.5) is 4.39 Å². The number of aliphatic hydroxyl groups is 3. The van der Waals surface area contributed by atoms with Gasteiger partial charge in [0.1, 0.15) is 29.9 Å². The molecule has 2 heterocycles. The van der Waals surface area contributed by atoms with E-state index in [1.807, 2.05) is 13.8 Å². The first-order valence-corrected chi connectivity index (χ1v) is 12.0. The Labute approximate surface area is 182 Å². The van der Waals surface area contributed by atoms with Crippen molar-refractivity contribution in [2.24, 2.45) is 5.92 Å². The normalized spacial score (nSPS) is 35.9. The quantitative estimate of drug-likeness (QED) is 0.298. The number of ether oxygens (including phenoxy) is 2. The Balaban J connectivity index is 1.97. The number of hydrogen-bond acceptors (Lipinski definition) is 8. The number of amides is 1. The van der Waals surface area contributed by atoms with Crippen LogP contribution in [-0.4, -0.2) is 95.3 Å². The van der Waals surface area contributed by atoms with Crippen molar-refractivity contribution in [3.63, 3.8) is 0 Å². The first-order valence-electron chi connectivity index (χ1n) is 10.7. The maximum Gasteiger partial charge on any atom is 0.237 e. The SMILES string of the molecule is CS[C@H]1O[C@H]([C@H](NC(=O)[C@@H]2C[C@H](OCCCCF)CCN2)C(C)C)[C@H](O)[C@H](O)[C@H]1O. The van der Waals surface area contributed by atoms with Crippen LogP contribution in [-0.2, 0) is 14.3 Å². The zero-order chi connectivity index (χ0) is 22.3. The molecule has 0 aromatic rings. The minimum Gasteiger partial charge on any atom is -0.388 e. The van der Waals surface area contributed by atoms with Crippen molar-refractivity contribution in [2.45, 2.75) is 87.6 Å². The number of thioether (sulfide) groups is 1. The number of nitrogens with one attached hydrogen (secondary N) is 2. The van der Waals surface area contributed by atoms with E-state index in [2.05, 4.69) is 10.6 Å². The average Bonchev–Trinajstić information content (AvgIpc) is 2.74. The Morgan fingerprint density at radius 1 is 1.27 bits per heavy atom. The Morgan fingerprint density at radius 2 is 2.00 bits per heavy atom. The Bertz CT molecular complexity index is 530. The Morgan fingerprint density at radius 3 is 2.63 bits per heavy atom. The van der Waals surface area contributed by atoms with Crippen LogP contribution in [0.1, 0.15) is 39.5 Å². The summed E-state index contributed by atoms with van der Waals surface area (Å²) in [6, 6.07) is -0.990. The summed E-state index contributed by atoms with van der Waals surface area (Å²) in [6.45, 7) is 4.57. The number of rotatable bonds is 10. The molecule has 2 saturated heterocycles. The smallest absolute Gasteiger partial charge is 0.237 e. The summed E-state index contributed by atoms with van der Waals surface area (Å²) in [5.74, 6) is -0.294. The first-order chi connectivity index (χ1) is 14.3. The summed E-state index contributed by atoms with van der Waals surface area (Å²) < 4.78 is 23.9. The summed E-state index contributed by atoms with van der Waals surface area (Å²) in [5, 5.41) is 37.0. The van der Waals surface area contributed by atoms with Crippen molar-refractivity contribution in [3.05, 3.63) is 0 Å². The van der Waals surface area contributed by atoms with Crippen molar-refractivity contribution in [1.82, 2.24) is 10.6 Å². The van der Waals surface area contributed by atoms with E-state index in [1.54, 1.807) is 6.26 Å². The second-order valence-electron chi connectivity index (χ2n) is 8.37. The number of piperidine rings is 1. The molecule has 10 heteroatoms. The lowest BCUT2D eigenvalue weighted by Gasteiger charge is -2.44. The molecule has 176 valence electrons. The third-order valence-corrected chi connectivity index (χ3v) is 6.63. The molecule has 2 aliphatic heterocycles. The van der Waals surface area contributed by atoms with Crippen LogP contribution in [0.15, 0.2) is 0 Å². The molecular weight excluding hydrogens is 415 g/mol. The van der Waals surface area contributed by atoms with Gasteiger partial charge in [0.2, 0.25) is 5.91 Å². The molecule has 0 saturated carbocycles. The highest BCUT2D eigenvalue weighted by Gasteiger charge is 2.47. The van der Waals surface area contributed by atoms with Gasteiger partial charge in [0.15, 0.2) is 0 Å². The standard InChI is InChI=1S/C20H37FN2O6S/c1-11(2)14(18-16(25)15(24)17(26)20(29-18)30-3)23-19(27)13-10-12(6-8-22-13)28-9-5-4-7-21/h11-18,20,22,24-26H,4-10H2,1-3H3,(H,23,27)/t12-,13+,14-,15+,16-,17-,18-,20-/m1/s1. The third-order valence-electron chi connectivity index (χ3n) is 5.77. The van der Waals surface area contributed by atoms with Gasteiger partial charge in [-0.15, -0.1) is 11.8 Å². The second kappa shape index (κ2) is 12.5. The van der Waals surface area contributed by atoms with Gasteiger partial charge >= 0.3 is 0 Å². The molecular formula is C20H37FN2O6S. The zero-order valence-electron chi connectivity index (χ0n) is 18.0. The van der Waals surface area contributed by atoms with Crippen LogP contribution < -0.4 is 10.6 Å². The van der Waals surface area contributed by atoms with E-state index < -0.39 is 41.9 Å². The molecule has 1 amide bonds. The van der Waals surface area contributed by atoms with Crippen LogP contribution in [0.25, 0.3) is 0 Å². The third kappa shape index (κ3) is 6.75. The summed E-state index contributed by atoms with van der Waals surface area (Å²) >= 11 is 1.24. The van der Waals surface area contributed by atoms with E-state index in [0.717, 1.165) is 6.42 Å². The summed E-state index contributed by atoms with van der Waals surface area (Å²) in [4.78, 5) is 12.9. The van der Waals surface area contributed by atoms with E-state index in [9.17, 15) is 24.5 Å². The number of aliphatic hydroxyl groups excluding tert-OH is 3. The van der Waals surface area contributed by atoms with Crippen molar-refractivity contribution >= 4 is 17.7 Å². The van der Waals surface area contributed by atoms with Crippen LogP contribution >= 0.6 is 11.8 Å². The fourth-order valence-electron chi connectivity index (χ4n) is 3.94. The first kappa shape index (κ1) is 25.8. The van der Waals surface area contributed by atoms with Gasteiger partial charge in [-0.25, -0.2) is 0 Å². The number of hydrogen-bond donors (Lipinski definition) is 5. The predicted molar refractivity (Wildman–Crippen MR) is 113 cm³/mol. The number of halogens is 1. The van der Waals surface area contributed by atoms with Gasteiger partial charge in [-0.3, -0.25) is 9.18 Å². The molecule has 0 unspecified atom stereocenters. The highest BCUT2D eigenvalue weighted by molar-refractivity contribution is 7.99. The molecule has 8 nitrogen and oxygen atoms in total. The molecule has 2 aliphatic rings. The van der Waals surface area contributed by atoms with E-state index in [-0.39, 0.29) is 24.6 Å². The van der Waals surface area contributed by atoms with Crippen molar-refractivity contribution in [2.75, 3.05) is 26.1 Å². The van der Waals surface area contributed by atoms with Gasteiger partial charge in [-0.1, -0.05) is 13.8 Å². The maximum absolute atomic E-state index is 12.9. The Kier molecular flexibility index (Phi) is 10.8. The highest BCUT2D eigenvalue weighted by atomic mass is 32.2. The van der Waals surface area contributed by atoms with Crippen molar-refractivity contribution < 1.29 is 34.0 Å². The maximum atomic E-state index is 12.9. The molecule has 2 fully saturated rings. The number of alkyl halides is 1. The number of carbonyl (C=O) groups is 1. The van der Waals surface area contributed by atoms with Gasteiger partial charge < -0.3 is 35.4 Å². The fraction of sp³-hybridized carbons (Fsp3) is 0.950. The van der Waals surface area contributed by atoms with Crippen LogP contribution in [0.3, 0.4) is 0 Å². The van der Waals surface area contributed by atoms with E-state index in [4.69, 9.17) is 9.47 Å². The van der Waals surface area contributed by atoms with E-state index in [0.29, 0.717) is 32.4 Å². The summed E-state index contributed by atoms with van der Waals surface area (Å²) in [5.41, 5.74) is -0.693. The average molecular weight is 453 g/mol. The van der Waals surface area contributed by atoms with E-state index in [1.165, 1.54) is 11.8 Å². The molecule has 0 aliphatic carbocycles. The molecule has 8 atom stereocenters. The minimum atomic E-state index is -1.35. The summed E-state index contributed by atoms with van der Waals surface area (Å²) in [6.07, 6.45) is -0.596. The molecule has 0 aromatic carbocycles. The van der Waals surface area contributed by atoms with Gasteiger partial charge in [-0.2, -0.15) is 0 Å². The molecule has 0 spiro atoms. The molecule has 5 N–H and O–H groups in total. The van der Waals surface area contributed by atoms with E-state index >= 15 is 0 Å². The van der Waals surface area contributed by atoms with Gasteiger partial charge in [0.25, 0.3) is 0 Å². The molecule has 0 bridgehead atoms. The zero-order valence-corrected chi connectivity index (χ0v) is 18.8. The predicted octanol–water partition coefficient (Wildman–Crippen LogP) is 0.185. The lowest BCUT2D eigenvalue weighted by atomic mass is 9.88. The summed E-state index contributed by atoms with van der Waals surface area (Å²) in [7, 11) is 0. The molecule has 2 rings (SSSR count). The van der Waals surface area contributed by atoms with Gasteiger partial charge in [-0.05, 0) is 44.4 Å². The van der Waals surface area contributed by atoms with Gasteiger partial charge in [0, 0.05) is 6.61 Å².